The van der Waals surface area contributed by atoms with Crippen LogP contribution in [0, 0.1) is 0 Å². The third kappa shape index (κ3) is 2.43. The van der Waals surface area contributed by atoms with E-state index >= 15 is 0 Å². The van der Waals surface area contributed by atoms with Crippen molar-refractivity contribution in [2.45, 2.75) is 19.3 Å². The molecule has 1 aliphatic rings. The Morgan fingerprint density at radius 3 is 2.41 bits per heavy atom. The average Bonchev–Trinajstić information content (AvgIpc) is 2.91. The molecule has 1 fully saturated rings. The summed E-state index contributed by atoms with van der Waals surface area (Å²) in [4.78, 5) is 38.4. The number of rotatable bonds is 3. The van der Waals surface area contributed by atoms with Gasteiger partial charge in [0, 0.05) is 37.2 Å². The van der Waals surface area contributed by atoms with Crippen LogP contribution in [0.3, 0.4) is 0 Å². The molecule has 0 aliphatic carbocycles. The van der Waals surface area contributed by atoms with E-state index in [-0.39, 0.29) is 0 Å². The van der Waals surface area contributed by atoms with Gasteiger partial charge in [-0.15, -0.1) is 0 Å². The summed E-state index contributed by atoms with van der Waals surface area (Å²) < 4.78 is 1.79. The van der Waals surface area contributed by atoms with Crippen LogP contribution >= 0.6 is 0 Å². The predicted molar refractivity (Wildman–Crippen MR) is 82.7 cm³/mol. The first-order chi connectivity index (χ1) is 10.6. The van der Waals surface area contributed by atoms with E-state index in [0.29, 0.717) is 24.0 Å². The molecule has 22 heavy (non-hydrogen) atoms. The minimum absolute atomic E-state index is 0.299. The second-order valence-corrected chi connectivity index (χ2v) is 5.68. The molecule has 0 unspecified atom stereocenters. The number of aromatic nitrogens is 1. The molecule has 2 aromatic rings. The first-order valence-electron chi connectivity index (χ1n) is 7.51. The van der Waals surface area contributed by atoms with Gasteiger partial charge in [-0.3, -0.25) is 14.4 Å². The van der Waals surface area contributed by atoms with Crippen molar-refractivity contribution in [2.75, 3.05) is 13.1 Å². The molecule has 0 radical (unpaired) electrons. The third-order valence-electron chi connectivity index (χ3n) is 4.19. The molecule has 5 heteroatoms. The topological polar surface area (TPSA) is 59.4 Å². The summed E-state index contributed by atoms with van der Waals surface area (Å²) in [6.07, 6.45) is 4.46. The van der Waals surface area contributed by atoms with Gasteiger partial charge in [0.2, 0.25) is 5.78 Å². The van der Waals surface area contributed by atoms with Crippen molar-refractivity contribution in [3.05, 3.63) is 36.0 Å². The Labute approximate surface area is 128 Å². The number of fused-ring (bicyclic) bond motifs is 1. The van der Waals surface area contributed by atoms with E-state index in [1.807, 2.05) is 25.2 Å². The summed E-state index contributed by atoms with van der Waals surface area (Å²) in [6, 6.07) is 7.36. The Hall–Kier alpha value is -2.43. The van der Waals surface area contributed by atoms with E-state index < -0.39 is 17.5 Å². The van der Waals surface area contributed by atoms with Gasteiger partial charge >= 0.3 is 0 Å². The Morgan fingerprint density at radius 2 is 1.68 bits per heavy atom. The Kier molecular flexibility index (Phi) is 3.79. The normalized spacial score (nSPS) is 15.0. The van der Waals surface area contributed by atoms with Crippen LogP contribution in [0.15, 0.2) is 30.5 Å². The number of carbonyl (C=O) groups excluding carboxylic acids is 3. The van der Waals surface area contributed by atoms with Crippen LogP contribution in [0.2, 0.25) is 0 Å². The largest absolute Gasteiger partial charge is 0.350 e. The molecule has 1 aliphatic heterocycles. The lowest BCUT2D eigenvalue weighted by Crippen LogP contribution is -2.42. The summed E-state index contributed by atoms with van der Waals surface area (Å²) >= 11 is 0. The fourth-order valence-electron chi connectivity index (χ4n) is 2.98. The third-order valence-corrected chi connectivity index (χ3v) is 4.19. The molecular formula is C17H18N2O3. The number of benzene rings is 1. The quantitative estimate of drug-likeness (QED) is 0.494. The van der Waals surface area contributed by atoms with Crippen LogP contribution in [0.5, 0.6) is 0 Å². The Balaban J connectivity index is 1.89. The highest BCUT2D eigenvalue weighted by molar-refractivity contribution is 6.67. The monoisotopic (exact) mass is 298 g/mol. The minimum atomic E-state index is -0.932. The molecule has 1 aromatic carbocycles. The van der Waals surface area contributed by atoms with Crippen LogP contribution in [0.25, 0.3) is 10.9 Å². The maximum atomic E-state index is 12.4. The van der Waals surface area contributed by atoms with E-state index in [4.69, 9.17) is 0 Å². The zero-order valence-corrected chi connectivity index (χ0v) is 12.5. The van der Waals surface area contributed by atoms with Gasteiger partial charge in [0.15, 0.2) is 0 Å². The lowest BCUT2D eigenvalue weighted by Gasteiger charge is -2.25. The van der Waals surface area contributed by atoms with Crippen molar-refractivity contribution in [3.8, 4) is 0 Å². The first kappa shape index (κ1) is 14.5. The van der Waals surface area contributed by atoms with Crippen molar-refractivity contribution in [1.82, 2.24) is 9.47 Å². The molecular weight excluding hydrogens is 280 g/mol. The number of hydrogen-bond acceptors (Lipinski definition) is 3. The van der Waals surface area contributed by atoms with Crippen LogP contribution in [-0.2, 0) is 16.6 Å². The highest BCUT2D eigenvalue weighted by Crippen LogP contribution is 2.21. The lowest BCUT2D eigenvalue weighted by atomic mass is 10.0. The number of hydrogen-bond donors (Lipinski definition) is 0. The number of piperidine rings is 1. The summed E-state index contributed by atoms with van der Waals surface area (Å²) in [5, 5.41) is 0.704. The summed E-state index contributed by atoms with van der Waals surface area (Å²) in [5.41, 5.74) is 1.16. The van der Waals surface area contributed by atoms with Gasteiger partial charge in [0.05, 0.1) is 5.56 Å². The number of amides is 1. The molecule has 1 amide bonds. The van der Waals surface area contributed by atoms with Gasteiger partial charge in [-0.2, -0.15) is 0 Å². The molecule has 114 valence electrons. The van der Waals surface area contributed by atoms with Crippen LogP contribution < -0.4 is 0 Å². The van der Waals surface area contributed by atoms with Gasteiger partial charge in [-0.25, -0.2) is 0 Å². The highest BCUT2D eigenvalue weighted by Gasteiger charge is 2.31. The summed E-state index contributed by atoms with van der Waals surface area (Å²) in [5.74, 6) is -2.32. The number of likely N-dealkylation sites (tertiary alicyclic amines) is 1. The molecule has 0 atom stereocenters. The molecule has 0 N–H and O–H groups in total. The van der Waals surface area contributed by atoms with Gasteiger partial charge in [-0.1, -0.05) is 18.2 Å². The Bertz CT molecular complexity index is 754. The molecule has 1 saturated heterocycles. The van der Waals surface area contributed by atoms with Gasteiger partial charge in [0.25, 0.3) is 11.7 Å². The molecule has 5 nitrogen and oxygen atoms in total. The molecule has 0 saturated carbocycles. The van der Waals surface area contributed by atoms with Crippen molar-refractivity contribution < 1.29 is 14.4 Å². The van der Waals surface area contributed by atoms with Crippen molar-refractivity contribution >= 4 is 28.4 Å². The zero-order valence-electron chi connectivity index (χ0n) is 12.5. The SMILES string of the molecule is Cn1cc(C(=O)C(=O)C(=O)N2CCCCC2)c2ccccc21. The number of para-hydroxylation sites is 1. The van der Waals surface area contributed by atoms with E-state index in [9.17, 15) is 14.4 Å². The van der Waals surface area contributed by atoms with Crippen molar-refractivity contribution in [1.29, 1.82) is 0 Å². The Morgan fingerprint density at radius 1 is 1.00 bits per heavy atom. The number of nitrogens with zero attached hydrogens (tertiary/aromatic N) is 2. The fourth-order valence-corrected chi connectivity index (χ4v) is 2.98. The maximum Gasteiger partial charge on any atom is 0.298 e. The average molecular weight is 298 g/mol. The number of aryl methyl sites for hydroxylation is 1. The highest BCUT2D eigenvalue weighted by atomic mass is 16.2. The summed E-state index contributed by atoms with van der Waals surface area (Å²) in [7, 11) is 1.82. The zero-order chi connectivity index (χ0) is 15.7. The maximum absolute atomic E-state index is 12.4. The number of Topliss-reactive ketones (excluding diaryl/α,β-unsaturated/α-hetero) is 2. The standard InChI is InChI=1S/C17H18N2O3/c1-18-11-13(12-7-3-4-8-14(12)18)15(20)16(21)17(22)19-9-5-2-6-10-19/h3-4,7-8,11H,2,5-6,9-10H2,1H3. The van der Waals surface area contributed by atoms with Gasteiger partial charge < -0.3 is 9.47 Å². The molecule has 0 spiro atoms. The van der Waals surface area contributed by atoms with E-state index in [1.54, 1.807) is 16.8 Å². The van der Waals surface area contributed by atoms with E-state index in [0.717, 1.165) is 24.8 Å². The van der Waals surface area contributed by atoms with Crippen molar-refractivity contribution in [3.63, 3.8) is 0 Å². The number of ketones is 2. The molecule has 0 bridgehead atoms. The van der Waals surface area contributed by atoms with E-state index in [2.05, 4.69) is 0 Å². The van der Waals surface area contributed by atoms with E-state index in [1.165, 1.54) is 4.90 Å². The molecule has 3 rings (SSSR count). The molecule has 2 heterocycles. The van der Waals surface area contributed by atoms with Crippen LogP contribution in [0.1, 0.15) is 29.6 Å². The van der Waals surface area contributed by atoms with Crippen LogP contribution in [0.4, 0.5) is 0 Å². The van der Waals surface area contributed by atoms with Crippen molar-refractivity contribution in [2.24, 2.45) is 7.05 Å². The number of carbonyl (C=O) groups is 3. The molecule has 1 aromatic heterocycles. The fraction of sp³-hybridized carbons (Fsp3) is 0.353. The van der Waals surface area contributed by atoms with Gasteiger partial charge in [-0.05, 0) is 25.3 Å². The smallest absolute Gasteiger partial charge is 0.298 e. The second kappa shape index (κ2) is 5.75. The lowest BCUT2D eigenvalue weighted by molar-refractivity contribution is -0.142. The summed E-state index contributed by atoms with van der Waals surface area (Å²) in [6.45, 7) is 1.13. The minimum Gasteiger partial charge on any atom is -0.350 e. The second-order valence-electron chi connectivity index (χ2n) is 5.68. The van der Waals surface area contributed by atoms with Crippen LogP contribution in [-0.4, -0.2) is 40.0 Å². The van der Waals surface area contributed by atoms with Gasteiger partial charge in [0.1, 0.15) is 0 Å². The predicted octanol–water partition coefficient (Wildman–Crippen LogP) is 1.94. The first-order valence-corrected chi connectivity index (χ1v) is 7.51.